The Labute approximate surface area is 103 Å². The van der Waals surface area contributed by atoms with Crippen molar-refractivity contribution in [3.63, 3.8) is 0 Å². The Morgan fingerprint density at radius 2 is 2.06 bits per heavy atom. The minimum atomic E-state index is -0.101. The number of rotatable bonds is 4. The van der Waals surface area contributed by atoms with Crippen molar-refractivity contribution >= 4 is 18.3 Å². The van der Waals surface area contributed by atoms with Crippen molar-refractivity contribution in [2.24, 2.45) is 5.73 Å². The van der Waals surface area contributed by atoms with Gasteiger partial charge in [-0.2, -0.15) is 0 Å². The van der Waals surface area contributed by atoms with Crippen LogP contribution in [-0.4, -0.2) is 18.5 Å². The molecule has 0 aliphatic rings. The van der Waals surface area contributed by atoms with Crippen LogP contribution in [0.25, 0.3) is 0 Å². The van der Waals surface area contributed by atoms with Crippen LogP contribution in [0.2, 0.25) is 0 Å². The molecule has 1 atom stereocenters. The minimum absolute atomic E-state index is 0. The van der Waals surface area contributed by atoms with Crippen LogP contribution >= 0.6 is 12.4 Å². The third-order valence-corrected chi connectivity index (χ3v) is 2.38. The number of aryl methyl sites for hydroxylation is 1. The van der Waals surface area contributed by atoms with Gasteiger partial charge in [0.05, 0.1) is 6.54 Å². The summed E-state index contributed by atoms with van der Waals surface area (Å²) in [6, 6.07) is 8.32. The highest BCUT2D eigenvalue weighted by atomic mass is 35.5. The van der Waals surface area contributed by atoms with Crippen LogP contribution in [0.5, 0.6) is 0 Å². The predicted octanol–water partition coefficient (Wildman–Crippen LogP) is 1.42. The van der Waals surface area contributed by atoms with Crippen molar-refractivity contribution in [2.75, 3.05) is 6.54 Å². The van der Waals surface area contributed by atoms with Gasteiger partial charge in [-0.15, -0.1) is 12.4 Å². The average molecular weight is 243 g/mol. The van der Waals surface area contributed by atoms with Crippen LogP contribution in [0.15, 0.2) is 24.3 Å². The van der Waals surface area contributed by atoms with Crippen molar-refractivity contribution < 1.29 is 4.79 Å². The summed E-state index contributed by atoms with van der Waals surface area (Å²) in [5, 5.41) is 2.84. The molecular weight excluding hydrogens is 224 g/mol. The van der Waals surface area contributed by atoms with Gasteiger partial charge in [0.15, 0.2) is 0 Å². The van der Waals surface area contributed by atoms with Crippen LogP contribution < -0.4 is 11.1 Å². The van der Waals surface area contributed by atoms with Gasteiger partial charge in [0, 0.05) is 6.04 Å². The minimum Gasteiger partial charge on any atom is -0.352 e. The second-order valence-electron chi connectivity index (χ2n) is 3.80. The van der Waals surface area contributed by atoms with Crippen LogP contribution in [-0.2, 0) is 11.2 Å². The van der Waals surface area contributed by atoms with E-state index in [0.29, 0.717) is 0 Å². The summed E-state index contributed by atoms with van der Waals surface area (Å²) >= 11 is 0. The SMILES string of the molecule is Cc1ccccc1CC(C)NC(=O)CN.Cl. The molecule has 0 saturated heterocycles. The second kappa shape index (κ2) is 7.25. The molecule has 0 bridgehead atoms. The predicted molar refractivity (Wildman–Crippen MR) is 68.8 cm³/mol. The number of nitrogens with two attached hydrogens (primary N) is 1. The van der Waals surface area contributed by atoms with Gasteiger partial charge in [-0.05, 0) is 31.4 Å². The zero-order valence-electron chi connectivity index (χ0n) is 9.69. The Balaban J connectivity index is 0.00000225. The number of hydrogen-bond acceptors (Lipinski definition) is 2. The highest BCUT2D eigenvalue weighted by Crippen LogP contribution is 2.09. The lowest BCUT2D eigenvalue weighted by Gasteiger charge is -2.14. The average Bonchev–Trinajstić information content (AvgIpc) is 2.21. The summed E-state index contributed by atoms with van der Waals surface area (Å²) in [5.74, 6) is -0.101. The molecule has 0 aromatic heterocycles. The van der Waals surface area contributed by atoms with Crippen molar-refractivity contribution in [1.29, 1.82) is 0 Å². The molecule has 0 fully saturated rings. The third-order valence-electron chi connectivity index (χ3n) is 2.38. The fourth-order valence-corrected chi connectivity index (χ4v) is 1.55. The Morgan fingerprint density at radius 1 is 1.44 bits per heavy atom. The molecule has 1 aromatic carbocycles. The largest absolute Gasteiger partial charge is 0.352 e. The second-order valence-corrected chi connectivity index (χ2v) is 3.80. The van der Waals surface area contributed by atoms with Crippen LogP contribution in [0.4, 0.5) is 0 Å². The highest BCUT2D eigenvalue weighted by Gasteiger charge is 2.07. The van der Waals surface area contributed by atoms with Gasteiger partial charge in [-0.3, -0.25) is 4.79 Å². The summed E-state index contributed by atoms with van der Waals surface area (Å²) in [5.41, 5.74) is 7.75. The first-order chi connectivity index (χ1) is 7.13. The molecule has 0 aliphatic heterocycles. The van der Waals surface area contributed by atoms with E-state index >= 15 is 0 Å². The maximum absolute atomic E-state index is 11.1. The Kier molecular flexibility index (Phi) is 6.77. The number of hydrogen-bond donors (Lipinski definition) is 2. The maximum Gasteiger partial charge on any atom is 0.233 e. The highest BCUT2D eigenvalue weighted by molar-refractivity contribution is 5.85. The molecule has 16 heavy (non-hydrogen) atoms. The van der Waals surface area contributed by atoms with Crippen molar-refractivity contribution in [2.45, 2.75) is 26.3 Å². The molecule has 1 amide bonds. The van der Waals surface area contributed by atoms with Gasteiger partial charge in [0.25, 0.3) is 0 Å². The number of halogens is 1. The fraction of sp³-hybridized carbons (Fsp3) is 0.417. The number of amides is 1. The first-order valence-corrected chi connectivity index (χ1v) is 5.17. The Morgan fingerprint density at radius 3 is 2.62 bits per heavy atom. The summed E-state index contributed by atoms with van der Waals surface area (Å²) < 4.78 is 0. The number of nitrogens with one attached hydrogen (secondary N) is 1. The van der Waals surface area contributed by atoms with Gasteiger partial charge in [-0.1, -0.05) is 24.3 Å². The van der Waals surface area contributed by atoms with Crippen LogP contribution in [0.1, 0.15) is 18.1 Å². The van der Waals surface area contributed by atoms with E-state index in [-0.39, 0.29) is 30.9 Å². The quantitative estimate of drug-likeness (QED) is 0.839. The Hall–Kier alpha value is -1.06. The summed E-state index contributed by atoms with van der Waals surface area (Å²) in [7, 11) is 0. The molecule has 1 aromatic rings. The lowest BCUT2D eigenvalue weighted by atomic mass is 10.0. The molecule has 0 spiro atoms. The van der Waals surface area contributed by atoms with Crippen molar-refractivity contribution in [3.8, 4) is 0 Å². The first kappa shape index (κ1) is 14.9. The smallest absolute Gasteiger partial charge is 0.233 e. The molecule has 0 aliphatic carbocycles. The summed E-state index contributed by atoms with van der Waals surface area (Å²) in [4.78, 5) is 11.1. The monoisotopic (exact) mass is 242 g/mol. The lowest BCUT2D eigenvalue weighted by Crippen LogP contribution is -2.38. The molecule has 3 nitrogen and oxygen atoms in total. The molecule has 1 rings (SSSR count). The van der Waals surface area contributed by atoms with Gasteiger partial charge in [0.1, 0.15) is 0 Å². The van der Waals surface area contributed by atoms with Gasteiger partial charge in [-0.25, -0.2) is 0 Å². The number of carbonyl (C=O) groups is 1. The summed E-state index contributed by atoms with van der Waals surface area (Å²) in [6.45, 7) is 4.12. The summed E-state index contributed by atoms with van der Waals surface area (Å²) in [6.07, 6.45) is 0.846. The van der Waals surface area contributed by atoms with E-state index in [0.717, 1.165) is 6.42 Å². The van der Waals surface area contributed by atoms with E-state index in [1.807, 2.05) is 19.1 Å². The molecule has 0 heterocycles. The molecule has 90 valence electrons. The molecule has 3 N–H and O–H groups in total. The molecule has 0 saturated carbocycles. The van der Waals surface area contributed by atoms with Crippen molar-refractivity contribution in [1.82, 2.24) is 5.32 Å². The Bertz CT molecular complexity index is 342. The van der Waals surface area contributed by atoms with Crippen LogP contribution in [0.3, 0.4) is 0 Å². The van der Waals surface area contributed by atoms with Gasteiger partial charge in [0.2, 0.25) is 5.91 Å². The molecular formula is C12H19ClN2O. The zero-order valence-corrected chi connectivity index (χ0v) is 10.5. The van der Waals surface area contributed by atoms with Gasteiger partial charge < -0.3 is 11.1 Å². The normalized spacial score (nSPS) is 11.4. The van der Waals surface area contributed by atoms with E-state index < -0.39 is 0 Å². The maximum atomic E-state index is 11.1. The zero-order chi connectivity index (χ0) is 11.3. The number of benzene rings is 1. The van der Waals surface area contributed by atoms with E-state index in [1.54, 1.807) is 0 Å². The van der Waals surface area contributed by atoms with E-state index in [2.05, 4.69) is 24.4 Å². The third kappa shape index (κ3) is 4.64. The fourth-order valence-electron chi connectivity index (χ4n) is 1.55. The number of carbonyl (C=O) groups excluding carboxylic acids is 1. The van der Waals surface area contributed by atoms with Crippen molar-refractivity contribution in [3.05, 3.63) is 35.4 Å². The molecule has 4 heteroatoms. The molecule has 0 radical (unpaired) electrons. The van der Waals surface area contributed by atoms with Gasteiger partial charge >= 0.3 is 0 Å². The van der Waals surface area contributed by atoms with E-state index in [9.17, 15) is 4.79 Å². The molecule has 1 unspecified atom stereocenters. The van der Waals surface area contributed by atoms with E-state index in [4.69, 9.17) is 5.73 Å². The lowest BCUT2D eigenvalue weighted by molar-refractivity contribution is -0.120. The topological polar surface area (TPSA) is 55.1 Å². The first-order valence-electron chi connectivity index (χ1n) is 5.17. The standard InChI is InChI=1S/C12H18N2O.ClH/c1-9-5-3-4-6-11(9)7-10(2)14-12(15)8-13;/h3-6,10H,7-8,13H2,1-2H3,(H,14,15);1H. The van der Waals surface area contributed by atoms with E-state index in [1.165, 1.54) is 11.1 Å². The van der Waals surface area contributed by atoms with Crippen LogP contribution in [0, 0.1) is 6.92 Å².